The van der Waals surface area contributed by atoms with Gasteiger partial charge in [0.2, 0.25) is 5.76 Å². The van der Waals surface area contributed by atoms with Gasteiger partial charge in [-0.1, -0.05) is 13.0 Å². The van der Waals surface area contributed by atoms with Gasteiger partial charge < -0.3 is 13.7 Å². The topological polar surface area (TPSA) is 76.6 Å². The first-order valence-electron chi connectivity index (χ1n) is 9.50. The molecule has 29 heavy (non-hydrogen) atoms. The molecule has 5 rings (SSSR count). The molecule has 0 saturated carbocycles. The van der Waals surface area contributed by atoms with E-state index in [4.69, 9.17) is 8.83 Å². The summed E-state index contributed by atoms with van der Waals surface area (Å²) in [5, 5.41) is 0.495. The van der Waals surface area contributed by atoms with Gasteiger partial charge in [-0.05, 0) is 53.9 Å². The van der Waals surface area contributed by atoms with Crippen LogP contribution in [0.15, 0.2) is 74.8 Å². The molecule has 6 nitrogen and oxygen atoms in total. The molecular weight excluding hydrogens is 368 g/mol. The van der Waals surface area contributed by atoms with Gasteiger partial charge in [0.25, 0.3) is 5.91 Å². The lowest BCUT2D eigenvalue weighted by atomic mass is 9.98. The third-order valence-electron chi connectivity index (χ3n) is 5.37. The van der Waals surface area contributed by atoms with Gasteiger partial charge in [0.15, 0.2) is 5.43 Å². The molecule has 0 N–H and O–H groups in total. The summed E-state index contributed by atoms with van der Waals surface area (Å²) >= 11 is 0. The number of benzene rings is 1. The Morgan fingerprint density at radius 1 is 1.10 bits per heavy atom. The molecule has 1 aliphatic rings. The van der Waals surface area contributed by atoms with Crippen molar-refractivity contribution in [3.05, 3.63) is 99.6 Å². The van der Waals surface area contributed by atoms with Crippen molar-refractivity contribution in [2.45, 2.75) is 25.9 Å². The Morgan fingerprint density at radius 3 is 2.66 bits per heavy atom. The summed E-state index contributed by atoms with van der Waals surface area (Å²) in [6, 6.07) is 12.2. The summed E-state index contributed by atoms with van der Waals surface area (Å²) in [7, 11) is 0. The molecule has 3 aromatic heterocycles. The normalized spacial score (nSPS) is 15.8. The fourth-order valence-corrected chi connectivity index (χ4v) is 3.91. The zero-order valence-electron chi connectivity index (χ0n) is 15.8. The number of amides is 1. The van der Waals surface area contributed by atoms with E-state index in [-0.39, 0.29) is 23.6 Å². The van der Waals surface area contributed by atoms with Crippen LogP contribution < -0.4 is 5.43 Å². The first-order valence-corrected chi connectivity index (χ1v) is 9.50. The van der Waals surface area contributed by atoms with Gasteiger partial charge in [0, 0.05) is 12.4 Å². The Balaban J connectivity index is 1.75. The molecule has 0 spiro atoms. The zero-order valence-corrected chi connectivity index (χ0v) is 15.8. The van der Waals surface area contributed by atoms with E-state index >= 15 is 0 Å². The predicted molar refractivity (Wildman–Crippen MR) is 107 cm³/mol. The molecule has 4 aromatic rings. The molecule has 6 heteroatoms. The minimum absolute atomic E-state index is 0.0973. The molecule has 0 bridgehead atoms. The van der Waals surface area contributed by atoms with Crippen LogP contribution in [-0.2, 0) is 13.0 Å². The largest absolute Gasteiger partial charge is 0.467 e. The van der Waals surface area contributed by atoms with Crippen LogP contribution in [0, 0.1) is 0 Å². The van der Waals surface area contributed by atoms with Crippen molar-refractivity contribution in [1.29, 1.82) is 0 Å². The molecule has 0 aliphatic carbocycles. The molecular formula is C23H18N2O4. The summed E-state index contributed by atoms with van der Waals surface area (Å²) in [4.78, 5) is 32.4. The number of carbonyl (C=O) groups is 1. The average Bonchev–Trinajstić information content (AvgIpc) is 3.36. The van der Waals surface area contributed by atoms with Gasteiger partial charge in [-0.2, -0.15) is 0 Å². The van der Waals surface area contributed by atoms with Gasteiger partial charge in [-0.25, -0.2) is 0 Å². The number of hydrogen-bond donors (Lipinski definition) is 0. The summed E-state index contributed by atoms with van der Waals surface area (Å²) in [5.74, 6) is 0.410. The Kier molecular flexibility index (Phi) is 4.05. The van der Waals surface area contributed by atoms with E-state index in [0.717, 1.165) is 17.5 Å². The van der Waals surface area contributed by atoms with Crippen molar-refractivity contribution in [2.24, 2.45) is 0 Å². The quantitative estimate of drug-likeness (QED) is 0.528. The molecule has 1 atom stereocenters. The summed E-state index contributed by atoms with van der Waals surface area (Å²) in [5.41, 5.74) is 2.47. The number of rotatable bonds is 4. The van der Waals surface area contributed by atoms with Crippen molar-refractivity contribution >= 4 is 16.9 Å². The summed E-state index contributed by atoms with van der Waals surface area (Å²) < 4.78 is 11.4. The highest BCUT2D eigenvalue weighted by Gasteiger charge is 2.43. The monoisotopic (exact) mass is 386 g/mol. The molecule has 4 heterocycles. The van der Waals surface area contributed by atoms with Crippen LogP contribution in [0.3, 0.4) is 0 Å². The summed E-state index contributed by atoms with van der Waals surface area (Å²) in [6.45, 7) is 2.27. The lowest BCUT2D eigenvalue weighted by molar-refractivity contribution is 0.0701. The van der Waals surface area contributed by atoms with E-state index in [9.17, 15) is 9.59 Å². The first kappa shape index (κ1) is 17.4. The van der Waals surface area contributed by atoms with E-state index < -0.39 is 6.04 Å². The molecule has 0 saturated heterocycles. The smallest absolute Gasteiger partial charge is 0.291 e. The van der Waals surface area contributed by atoms with E-state index in [1.54, 1.807) is 41.8 Å². The third kappa shape index (κ3) is 2.76. The van der Waals surface area contributed by atoms with Gasteiger partial charge in [-0.15, -0.1) is 0 Å². The van der Waals surface area contributed by atoms with Crippen molar-refractivity contribution in [3.63, 3.8) is 0 Å². The lowest BCUT2D eigenvalue weighted by Crippen LogP contribution is -2.29. The van der Waals surface area contributed by atoms with Gasteiger partial charge in [0.1, 0.15) is 11.3 Å². The highest BCUT2D eigenvalue weighted by Crippen LogP contribution is 2.39. The van der Waals surface area contributed by atoms with Crippen LogP contribution in [0.4, 0.5) is 0 Å². The number of aromatic nitrogens is 1. The maximum absolute atomic E-state index is 13.5. The SMILES string of the molecule is CCc1ccc2oc3c(c(=O)c2c1)C(c1ccncc1)N(Cc1ccco1)C3=O. The average molecular weight is 386 g/mol. The second-order valence-corrected chi connectivity index (χ2v) is 7.05. The lowest BCUT2D eigenvalue weighted by Gasteiger charge is -2.24. The van der Waals surface area contributed by atoms with Crippen molar-refractivity contribution < 1.29 is 13.6 Å². The van der Waals surface area contributed by atoms with Crippen LogP contribution in [0.5, 0.6) is 0 Å². The van der Waals surface area contributed by atoms with Gasteiger partial charge in [-0.3, -0.25) is 14.6 Å². The first-order chi connectivity index (χ1) is 14.2. The fourth-order valence-electron chi connectivity index (χ4n) is 3.91. The van der Waals surface area contributed by atoms with E-state index in [2.05, 4.69) is 4.98 Å². The van der Waals surface area contributed by atoms with E-state index in [1.165, 1.54) is 0 Å². The number of carbonyl (C=O) groups excluding carboxylic acids is 1. The molecule has 144 valence electrons. The predicted octanol–water partition coefficient (Wildman–Crippen LogP) is 4.09. The Bertz CT molecular complexity index is 1260. The number of furan rings is 1. The summed E-state index contributed by atoms with van der Waals surface area (Å²) in [6.07, 6.45) is 5.68. The molecule has 1 aromatic carbocycles. The Hall–Kier alpha value is -3.67. The highest BCUT2D eigenvalue weighted by molar-refractivity contribution is 5.99. The van der Waals surface area contributed by atoms with Crippen molar-refractivity contribution in [2.75, 3.05) is 0 Å². The van der Waals surface area contributed by atoms with Gasteiger partial charge >= 0.3 is 0 Å². The number of fused-ring (bicyclic) bond motifs is 2. The number of nitrogens with zero attached hydrogens (tertiary/aromatic N) is 2. The Morgan fingerprint density at radius 2 is 1.93 bits per heavy atom. The number of pyridine rings is 1. The number of hydrogen-bond acceptors (Lipinski definition) is 5. The van der Waals surface area contributed by atoms with Crippen LogP contribution in [-0.4, -0.2) is 15.8 Å². The maximum atomic E-state index is 13.5. The van der Waals surface area contributed by atoms with Crippen LogP contribution in [0.2, 0.25) is 0 Å². The van der Waals surface area contributed by atoms with E-state index in [1.807, 2.05) is 31.2 Å². The van der Waals surface area contributed by atoms with Crippen LogP contribution >= 0.6 is 0 Å². The zero-order chi connectivity index (χ0) is 20.0. The molecule has 1 amide bonds. The second kappa shape index (κ2) is 6.74. The standard InChI is InChI=1S/C23H18N2O4/c1-2-14-5-6-18-17(12-14)21(26)19-20(15-7-9-24-10-8-15)25(23(27)22(19)29-18)13-16-4-3-11-28-16/h3-12,20H,2,13H2,1H3. The minimum atomic E-state index is -0.559. The number of aryl methyl sites for hydroxylation is 1. The maximum Gasteiger partial charge on any atom is 0.291 e. The Labute approximate surface area is 166 Å². The molecule has 1 unspecified atom stereocenters. The fraction of sp³-hybridized carbons (Fsp3) is 0.174. The van der Waals surface area contributed by atoms with Crippen LogP contribution in [0.1, 0.15) is 46.0 Å². The van der Waals surface area contributed by atoms with Gasteiger partial charge in [0.05, 0.1) is 29.8 Å². The molecule has 0 radical (unpaired) electrons. The van der Waals surface area contributed by atoms with Crippen molar-refractivity contribution in [3.8, 4) is 0 Å². The molecule has 0 fully saturated rings. The van der Waals surface area contributed by atoms with Crippen molar-refractivity contribution in [1.82, 2.24) is 9.88 Å². The second-order valence-electron chi connectivity index (χ2n) is 7.05. The highest BCUT2D eigenvalue weighted by atomic mass is 16.3. The minimum Gasteiger partial charge on any atom is -0.467 e. The molecule has 1 aliphatic heterocycles. The third-order valence-corrected chi connectivity index (χ3v) is 5.37. The van der Waals surface area contributed by atoms with Crippen LogP contribution in [0.25, 0.3) is 11.0 Å². The van der Waals surface area contributed by atoms with E-state index in [0.29, 0.717) is 22.3 Å².